The average Bonchev–Trinajstić information content (AvgIpc) is 2.44. The number of halogens is 1. The van der Waals surface area contributed by atoms with E-state index in [1.807, 2.05) is 4.08 Å². The Labute approximate surface area is 149 Å². The Kier molecular flexibility index (Phi) is 5.38. The number of hydrogen-bond donors (Lipinski definition) is 1. The molecule has 4 fully saturated rings. The van der Waals surface area contributed by atoms with Crippen LogP contribution in [0.25, 0.3) is 0 Å². The van der Waals surface area contributed by atoms with Gasteiger partial charge in [-0.2, -0.15) is 0 Å². The smallest absolute Gasteiger partial charge is 0.0807 e. The SMILES string of the molecule is C/C(=C\CCC12CC3CC(CC(C3)C1)C2)[C@H](O)[C@H](C)/C=C/I. The van der Waals surface area contributed by atoms with E-state index < -0.39 is 0 Å². The van der Waals surface area contributed by atoms with E-state index in [0.29, 0.717) is 5.41 Å². The summed E-state index contributed by atoms with van der Waals surface area (Å²) in [6, 6.07) is 0. The van der Waals surface area contributed by atoms with Crippen molar-refractivity contribution in [2.24, 2.45) is 29.1 Å². The van der Waals surface area contributed by atoms with Gasteiger partial charge in [-0.25, -0.2) is 0 Å². The van der Waals surface area contributed by atoms with Gasteiger partial charge in [0.25, 0.3) is 0 Å². The van der Waals surface area contributed by atoms with Gasteiger partial charge in [0.1, 0.15) is 0 Å². The molecule has 124 valence electrons. The summed E-state index contributed by atoms with van der Waals surface area (Å²) in [7, 11) is 0. The molecule has 0 radical (unpaired) electrons. The first-order valence-electron chi connectivity index (χ1n) is 9.13. The van der Waals surface area contributed by atoms with Crippen LogP contribution in [0.2, 0.25) is 0 Å². The molecule has 0 saturated heterocycles. The minimum atomic E-state index is -0.317. The predicted molar refractivity (Wildman–Crippen MR) is 102 cm³/mol. The number of aliphatic hydroxyl groups excluding tert-OH is 1. The monoisotopic (exact) mass is 414 g/mol. The maximum absolute atomic E-state index is 10.4. The quantitative estimate of drug-likeness (QED) is 0.425. The van der Waals surface area contributed by atoms with Gasteiger partial charge in [0.05, 0.1) is 6.10 Å². The van der Waals surface area contributed by atoms with E-state index in [1.54, 1.807) is 0 Å². The van der Waals surface area contributed by atoms with Crippen molar-refractivity contribution in [3.05, 3.63) is 21.8 Å². The van der Waals surface area contributed by atoms with Crippen LogP contribution in [0.15, 0.2) is 21.8 Å². The van der Waals surface area contributed by atoms with Crippen LogP contribution in [0, 0.1) is 29.1 Å². The Balaban J connectivity index is 1.55. The normalized spacial score (nSPS) is 40.4. The first kappa shape index (κ1) is 17.0. The third-order valence-electron chi connectivity index (χ3n) is 6.65. The second kappa shape index (κ2) is 6.96. The van der Waals surface area contributed by atoms with E-state index in [1.165, 1.54) is 44.9 Å². The molecule has 0 amide bonds. The van der Waals surface area contributed by atoms with E-state index in [9.17, 15) is 5.11 Å². The van der Waals surface area contributed by atoms with Gasteiger partial charge in [-0.15, -0.1) is 0 Å². The van der Waals surface area contributed by atoms with Crippen molar-refractivity contribution in [1.29, 1.82) is 0 Å². The molecule has 0 aromatic heterocycles. The molecular weight excluding hydrogens is 383 g/mol. The van der Waals surface area contributed by atoms with Crippen molar-refractivity contribution in [2.45, 2.75) is 71.3 Å². The number of allylic oxidation sites excluding steroid dienone is 1. The Bertz CT molecular complexity index is 415. The van der Waals surface area contributed by atoms with Crippen LogP contribution < -0.4 is 0 Å². The lowest BCUT2D eigenvalue weighted by molar-refractivity contribution is -0.0566. The molecule has 4 aliphatic rings. The molecule has 0 aromatic rings. The number of hydrogen-bond acceptors (Lipinski definition) is 1. The highest BCUT2D eigenvalue weighted by atomic mass is 127. The van der Waals surface area contributed by atoms with Crippen LogP contribution in [0.4, 0.5) is 0 Å². The molecule has 4 rings (SSSR count). The number of aliphatic hydroxyl groups is 1. The molecule has 4 saturated carbocycles. The van der Waals surface area contributed by atoms with Gasteiger partial charge < -0.3 is 5.11 Å². The van der Waals surface area contributed by atoms with E-state index in [2.05, 4.69) is 48.6 Å². The lowest BCUT2D eigenvalue weighted by Crippen LogP contribution is -2.45. The van der Waals surface area contributed by atoms with Crippen molar-refractivity contribution in [1.82, 2.24) is 0 Å². The fourth-order valence-corrected chi connectivity index (χ4v) is 6.61. The van der Waals surface area contributed by atoms with E-state index in [-0.39, 0.29) is 12.0 Å². The van der Waals surface area contributed by atoms with Crippen LogP contribution in [0.5, 0.6) is 0 Å². The fraction of sp³-hybridized carbons (Fsp3) is 0.800. The summed E-state index contributed by atoms with van der Waals surface area (Å²) < 4.78 is 2.01. The molecule has 0 spiro atoms. The van der Waals surface area contributed by atoms with Gasteiger partial charge in [0.2, 0.25) is 0 Å². The lowest BCUT2D eigenvalue weighted by atomic mass is 9.48. The maximum Gasteiger partial charge on any atom is 0.0807 e. The first-order valence-corrected chi connectivity index (χ1v) is 10.4. The molecule has 1 nitrogen and oxygen atoms in total. The van der Waals surface area contributed by atoms with Crippen molar-refractivity contribution < 1.29 is 5.11 Å². The van der Waals surface area contributed by atoms with Gasteiger partial charge in [0, 0.05) is 5.92 Å². The predicted octanol–water partition coefficient (Wildman–Crippen LogP) is 5.88. The van der Waals surface area contributed by atoms with E-state index in [0.717, 1.165) is 29.7 Å². The molecule has 4 aliphatic carbocycles. The molecule has 22 heavy (non-hydrogen) atoms. The van der Waals surface area contributed by atoms with Crippen LogP contribution in [-0.2, 0) is 0 Å². The van der Waals surface area contributed by atoms with Gasteiger partial charge in [-0.05, 0) is 91.1 Å². The molecule has 0 aromatic carbocycles. The largest absolute Gasteiger partial charge is 0.388 e. The van der Waals surface area contributed by atoms with Crippen LogP contribution >= 0.6 is 22.6 Å². The van der Waals surface area contributed by atoms with Gasteiger partial charge in [-0.1, -0.05) is 41.7 Å². The van der Waals surface area contributed by atoms with Crippen molar-refractivity contribution >= 4 is 22.6 Å². The minimum absolute atomic E-state index is 0.215. The molecule has 2 atom stereocenters. The third-order valence-corrected chi connectivity index (χ3v) is 7.06. The van der Waals surface area contributed by atoms with Crippen LogP contribution in [0.3, 0.4) is 0 Å². The first-order chi connectivity index (χ1) is 10.5. The van der Waals surface area contributed by atoms with Gasteiger partial charge >= 0.3 is 0 Å². The minimum Gasteiger partial charge on any atom is -0.388 e. The van der Waals surface area contributed by atoms with E-state index >= 15 is 0 Å². The average molecular weight is 414 g/mol. The summed E-state index contributed by atoms with van der Waals surface area (Å²) in [5, 5.41) is 10.4. The Hall–Kier alpha value is 0.170. The molecule has 4 bridgehead atoms. The van der Waals surface area contributed by atoms with Crippen molar-refractivity contribution in [3.63, 3.8) is 0 Å². The van der Waals surface area contributed by atoms with Crippen molar-refractivity contribution in [3.8, 4) is 0 Å². The third kappa shape index (κ3) is 3.63. The zero-order valence-corrected chi connectivity index (χ0v) is 16.3. The highest BCUT2D eigenvalue weighted by Gasteiger charge is 2.50. The summed E-state index contributed by atoms with van der Waals surface area (Å²) in [6.07, 6.45) is 15.7. The summed E-state index contributed by atoms with van der Waals surface area (Å²) >= 11 is 2.23. The van der Waals surface area contributed by atoms with Crippen LogP contribution in [-0.4, -0.2) is 11.2 Å². The Morgan fingerprint density at radius 3 is 2.23 bits per heavy atom. The summed E-state index contributed by atoms with van der Waals surface area (Å²) in [4.78, 5) is 0. The number of rotatable bonds is 6. The molecule has 0 aliphatic heterocycles. The summed E-state index contributed by atoms with van der Waals surface area (Å²) in [5.41, 5.74) is 1.83. The highest BCUT2D eigenvalue weighted by molar-refractivity contribution is 14.1. The highest BCUT2D eigenvalue weighted by Crippen LogP contribution is 2.61. The molecule has 0 unspecified atom stereocenters. The fourth-order valence-electron chi connectivity index (χ4n) is 5.96. The second-order valence-electron chi connectivity index (χ2n) is 8.53. The molecule has 0 heterocycles. The Morgan fingerprint density at radius 1 is 1.18 bits per heavy atom. The standard InChI is InChI=1S/C20H31IO/c1-14(19(22)15(2)5-7-21)4-3-6-20-11-16-8-17(12-20)10-18(9-16)13-20/h4-5,7,15-19,22H,3,6,8-13H2,1-2H3/b7-5+,14-4+/t15-,16?,17?,18?,19+,20?/m1/s1. The molecule has 2 heteroatoms. The summed E-state index contributed by atoms with van der Waals surface area (Å²) in [5.74, 6) is 3.37. The van der Waals surface area contributed by atoms with Crippen LogP contribution in [0.1, 0.15) is 65.2 Å². The summed E-state index contributed by atoms with van der Waals surface area (Å²) in [6.45, 7) is 4.19. The lowest BCUT2D eigenvalue weighted by Gasteiger charge is -2.57. The molecule has 1 N–H and O–H groups in total. The molecular formula is C20H31IO. The van der Waals surface area contributed by atoms with E-state index in [4.69, 9.17) is 0 Å². The van der Waals surface area contributed by atoms with Gasteiger partial charge in [-0.3, -0.25) is 0 Å². The zero-order chi connectivity index (χ0) is 15.7. The Morgan fingerprint density at radius 2 is 1.73 bits per heavy atom. The topological polar surface area (TPSA) is 20.2 Å². The second-order valence-corrected chi connectivity index (χ2v) is 9.25. The van der Waals surface area contributed by atoms with Crippen molar-refractivity contribution in [2.75, 3.05) is 0 Å². The van der Waals surface area contributed by atoms with Gasteiger partial charge in [0.15, 0.2) is 0 Å². The zero-order valence-electron chi connectivity index (χ0n) is 14.1. The maximum atomic E-state index is 10.4.